The number of halogens is 1. The van der Waals surface area contributed by atoms with Gasteiger partial charge in [-0.3, -0.25) is 14.0 Å². The van der Waals surface area contributed by atoms with Crippen molar-refractivity contribution >= 4 is 28.2 Å². The van der Waals surface area contributed by atoms with Crippen molar-refractivity contribution in [1.82, 2.24) is 24.3 Å². The van der Waals surface area contributed by atoms with Gasteiger partial charge in [0.25, 0.3) is 5.56 Å². The van der Waals surface area contributed by atoms with Crippen LogP contribution in [0.2, 0.25) is 0 Å². The van der Waals surface area contributed by atoms with E-state index >= 15 is 4.39 Å². The Labute approximate surface area is 218 Å². The van der Waals surface area contributed by atoms with Crippen molar-refractivity contribution in [3.05, 3.63) is 88.4 Å². The lowest BCUT2D eigenvalue weighted by atomic mass is 9.86. The number of nitrogen functional groups attached to an aromatic ring is 1. The maximum absolute atomic E-state index is 15.2. The van der Waals surface area contributed by atoms with Gasteiger partial charge in [-0.15, -0.1) is 0 Å². The second-order valence-electron chi connectivity index (χ2n) is 10.2. The molecule has 5 aromatic rings. The monoisotopic (exact) mass is 513 g/mol. The van der Waals surface area contributed by atoms with E-state index in [1.54, 1.807) is 60.7 Å². The van der Waals surface area contributed by atoms with Crippen LogP contribution >= 0.6 is 0 Å². The van der Waals surface area contributed by atoms with Crippen molar-refractivity contribution in [2.45, 2.75) is 32.8 Å². The Hall–Kier alpha value is -4.57. The van der Waals surface area contributed by atoms with E-state index in [1.807, 2.05) is 26.8 Å². The lowest BCUT2D eigenvalue weighted by molar-refractivity contribution is 0.282. The molecule has 3 heterocycles. The molecule has 0 saturated heterocycles. The number of aliphatic hydroxyl groups is 1. The fourth-order valence-corrected chi connectivity index (χ4v) is 4.43. The van der Waals surface area contributed by atoms with Crippen LogP contribution in [-0.2, 0) is 19.1 Å². The summed E-state index contributed by atoms with van der Waals surface area (Å²) in [5.74, 6) is -0.111. The number of nitrogens with zero attached hydrogens (tertiary/aromatic N) is 5. The summed E-state index contributed by atoms with van der Waals surface area (Å²) in [6.07, 6.45) is 4.99. The molecule has 0 amide bonds. The highest BCUT2D eigenvalue weighted by atomic mass is 19.1. The Balaban J connectivity index is 1.64. The topological polar surface area (TPSA) is 124 Å². The minimum Gasteiger partial charge on any atom is -0.392 e. The molecule has 3 aromatic heterocycles. The highest BCUT2D eigenvalue weighted by Crippen LogP contribution is 2.31. The molecule has 0 spiro atoms. The summed E-state index contributed by atoms with van der Waals surface area (Å²) in [6, 6.07) is 11.8. The Bertz CT molecular complexity index is 1730. The number of nitrogens with two attached hydrogens (primary N) is 1. The van der Waals surface area contributed by atoms with Gasteiger partial charge in [-0.25, -0.2) is 9.37 Å². The van der Waals surface area contributed by atoms with E-state index in [0.29, 0.717) is 33.6 Å². The van der Waals surface area contributed by atoms with Gasteiger partial charge in [0.1, 0.15) is 11.6 Å². The quantitative estimate of drug-likeness (QED) is 0.317. The van der Waals surface area contributed by atoms with Crippen LogP contribution in [0.4, 0.5) is 21.8 Å². The molecule has 2 aromatic carbocycles. The van der Waals surface area contributed by atoms with Gasteiger partial charge < -0.3 is 16.2 Å². The Morgan fingerprint density at radius 2 is 1.92 bits per heavy atom. The SMILES string of the molecule is Cn1cc(Nc2nc(N)cc(-c3cccc(-n4ccc5cc(C(C)(C)C)cc(F)c5c4=O)c3CO)n2)cn1. The number of fused-ring (bicyclic) bond motifs is 1. The fraction of sp³-hybridized carbons (Fsp3) is 0.214. The molecule has 0 aliphatic heterocycles. The van der Waals surface area contributed by atoms with Gasteiger partial charge >= 0.3 is 0 Å². The van der Waals surface area contributed by atoms with E-state index < -0.39 is 18.0 Å². The molecule has 0 saturated carbocycles. The summed E-state index contributed by atoms with van der Waals surface area (Å²) >= 11 is 0. The molecule has 0 radical (unpaired) electrons. The second-order valence-corrected chi connectivity index (χ2v) is 10.2. The molecule has 0 atom stereocenters. The molecular weight excluding hydrogens is 485 g/mol. The van der Waals surface area contributed by atoms with Gasteiger partial charge in [0.2, 0.25) is 5.95 Å². The van der Waals surface area contributed by atoms with Crippen molar-refractivity contribution in [2.75, 3.05) is 11.1 Å². The molecule has 194 valence electrons. The molecule has 5 rings (SSSR count). The number of hydrogen-bond acceptors (Lipinski definition) is 7. The largest absolute Gasteiger partial charge is 0.392 e. The van der Waals surface area contributed by atoms with Gasteiger partial charge in [0, 0.05) is 36.6 Å². The summed E-state index contributed by atoms with van der Waals surface area (Å²) in [4.78, 5) is 22.3. The smallest absolute Gasteiger partial charge is 0.265 e. The number of nitrogens with one attached hydrogen (secondary N) is 1. The maximum Gasteiger partial charge on any atom is 0.265 e. The number of rotatable bonds is 5. The van der Waals surface area contributed by atoms with Crippen LogP contribution in [0, 0.1) is 5.82 Å². The third-order valence-electron chi connectivity index (χ3n) is 6.37. The highest BCUT2D eigenvalue weighted by molar-refractivity contribution is 5.84. The predicted molar refractivity (Wildman–Crippen MR) is 146 cm³/mol. The van der Waals surface area contributed by atoms with E-state index in [-0.39, 0.29) is 22.6 Å². The standard InChI is InChI=1S/C28H28FN7O2/c1-28(2,3)17-10-16-8-9-36(26(38)25(16)21(29)11-17)23-7-5-6-19(20(23)15-37)22-12-24(30)34-27(33-22)32-18-13-31-35(4)14-18/h5-14,37H,15H2,1-4H3,(H3,30,32,33,34). The number of pyridine rings is 1. The predicted octanol–water partition coefficient (Wildman–Crippen LogP) is 4.44. The van der Waals surface area contributed by atoms with E-state index in [4.69, 9.17) is 5.73 Å². The number of aryl methyl sites for hydroxylation is 1. The molecule has 4 N–H and O–H groups in total. The molecule has 0 fully saturated rings. The van der Waals surface area contributed by atoms with E-state index in [0.717, 1.165) is 5.56 Å². The van der Waals surface area contributed by atoms with Gasteiger partial charge in [0.05, 0.1) is 35.3 Å². The lowest BCUT2D eigenvalue weighted by Gasteiger charge is -2.20. The van der Waals surface area contributed by atoms with Crippen LogP contribution < -0.4 is 16.6 Å². The molecule has 10 heteroatoms. The number of anilines is 3. The summed E-state index contributed by atoms with van der Waals surface area (Å²) in [5, 5.41) is 18.1. The minimum atomic E-state index is -0.580. The third-order valence-corrected chi connectivity index (χ3v) is 6.37. The van der Waals surface area contributed by atoms with Crippen LogP contribution in [0.1, 0.15) is 31.9 Å². The van der Waals surface area contributed by atoms with Crippen molar-refractivity contribution in [2.24, 2.45) is 7.05 Å². The normalized spacial score (nSPS) is 11.7. The summed E-state index contributed by atoms with van der Waals surface area (Å²) in [7, 11) is 1.79. The molecule has 38 heavy (non-hydrogen) atoms. The first kappa shape index (κ1) is 25.1. The van der Waals surface area contributed by atoms with Gasteiger partial charge in [-0.05, 0) is 34.6 Å². The van der Waals surface area contributed by atoms with Crippen LogP contribution in [0.25, 0.3) is 27.7 Å². The first-order valence-corrected chi connectivity index (χ1v) is 12.0. The average Bonchev–Trinajstić information content (AvgIpc) is 3.26. The van der Waals surface area contributed by atoms with Crippen LogP contribution in [0.3, 0.4) is 0 Å². The van der Waals surface area contributed by atoms with Gasteiger partial charge in [-0.2, -0.15) is 10.1 Å². The maximum atomic E-state index is 15.2. The Morgan fingerprint density at radius 3 is 2.61 bits per heavy atom. The third kappa shape index (κ3) is 4.61. The zero-order valence-electron chi connectivity index (χ0n) is 21.5. The van der Waals surface area contributed by atoms with Crippen molar-refractivity contribution in [1.29, 1.82) is 0 Å². The van der Waals surface area contributed by atoms with E-state index in [1.165, 1.54) is 10.6 Å². The van der Waals surface area contributed by atoms with Gasteiger partial charge in [-0.1, -0.05) is 39.0 Å². The zero-order chi connectivity index (χ0) is 27.2. The van der Waals surface area contributed by atoms with Crippen molar-refractivity contribution < 1.29 is 9.50 Å². The fourth-order valence-electron chi connectivity index (χ4n) is 4.43. The highest BCUT2D eigenvalue weighted by Gasteiger charge is 2.20. The molecular formula is C28H28FN7O2. The van der Waals surface area contributed by atoms with Crippen molar-refractivity contribution in [3.8, 4) is 16.9 Å². The summed E-state index contributed by atoms with van der Waals surface area (Å²) in [6.45, 7) is 5.58. The first-order chi connectivity index (χ1) is 18.0. The molecule has 0 aliphatic carbocycles. The first-order valence-electron chi connectivity index (χ1n) is 12.0. The summed E-state index contributed by atoms with van der Waals surface area (Å²) < 4.78 is 18.2. The zero-order valence-corrected chi connectivity index (χ0v) is 21.5. The van der Waals surface area contributed by atoms with Crippen molar-refractivity contribution in [3.63, 3.8) is 0 Å². The molecule has 0 unspecified atom stereocenters. The van der Waals surface area contributed by atoms with E-state index in [2.05, 4.69) is 20.4 Å². The second kappa shape index (κ2) is 9.38. The number of aliphatic hydroxyl groups excluding tert-OH is 1. The van der Waals surface area contributed by atoms with Crippen LogP contribution in [0.15, 0.2) is 65.8 Å². The number of hydrogen-bond donors (Lipinski definition) is 3. The van der Waals surface area contributed by atoms with Gasteiger partial charge in [0.15, 0.2) is 0 Å². The lowest BCUT2D eigenvalue weighted by Crippen LogP contribution is -2.21. The number of aromatic nitrogens is 5. The van der Waals surface area contributed by atoms with E-state index in [9.17, 15) is 9.90 Å². The Morgan fingerprint density at radius 1 is 1.13 bits per heavy atom. The number of benzene rings is 2. The van der Waals surface area contributed by atoms with Crippen LogP contribution in [0.5, 0.6) is 0 Å². The minimum absolute atomic E-state index is 0.0102. The molecule has 0 aliphatic rings. The average molecular weight is 514 g/mol. The molecule has 0 bridgehead atoms. The molecule has 9 nitrogen and oxygen atoms in total. The Kier molecular flexibility index (Phi) is 6.20. The summed E-state index contributed by atoms with van der Waals surface area (Å²) in [5.41, 5.74) is 8.62. The van der Waals surface area contributed by atoms with Crippen LogP contribution in [-0.4, -0.2) is 29.4 Å².